The van der Waals surface area contributed by atoms with Gasteiger partial charge in [0.05, 0.1) is 0 Å². The lowest BCUT2D eigenvalue weighted by Gasteiger charge is -2.01. The Morgan fingerprint density at radius 1 is 1.28 bits per heavy atom. The van der Waals surface area contributed by atoms with Crippen LogP contribution in [-0.4, -0.2) is 5.91 Å². The normalized spacial score (nSPS) is 10.7. The summed E-state index contributed by atoms with van der Waals surface area (Å²) in [5, 5.41) is 4.88. The van der Waals surface area contributed by atoms with Crippen LogP contribution in [0.3, 0.4) is 0 Å². The molecular weight excluding hydrogens is 242 g/mol. The van der Waals surface area contributed by atoms with Gasteiger partial charge in [-0.15, -0.1) is 11.3 Å². The van der Waals surface area contributed by atoms with Crippen LogP contribution in [0.15, 0.2) is 47.9 Å². The lowest BCUT2D eigenvalue weighted by atomic mass is 10.2. The first-order chi connectivity index (χ1) is 8.75. The molecule has 0 spiro atoms. The highest BCUT2D eigenvalue weighted by atomic mass is 32.1. The third-order valence-corrected chi connectivity index (χ3v) is 3.58. The smallest absolute Gasteiger partial charge is 0.244 e. The van der Waals surface area contributed by atoms with Gasteiger partial charge in [0.15, 0.2) is 0 Å². The quantitative estimate of drug-likeness (QED) is 0.836. The number of nitrogens with one attached hydrogen (secondary N) is 1. The summed E-state index contributed by atoms with van der Waals surface area (Å²) in [6.45, 7) is 2.60. The molecular formula is C15H15NOS. The number of rotatable bonds is 4. The Hall–Kier alpha value is -1.87. The van der Waals surface area contributed by atoms with E-state index in [9.17, 15) is 4.79 Å². The van der Waals surface area contributed by atoms with E-state index < -0.39 is 0 Å². The number of aryl methyl sites for hydroxylation is 1. The second-order valence-electron chi connectivity index (χ2n) is 4.00. The molecule has 92 valence electrons. The van der Waals surface area contributed by atoms with Gasteiger partial charge in [-0.05, 0) is 35.6 Å². The van der Waals surface area contributed by atoms with Gasteiger partial charge in [0.1, 0.15) is 0 Å². The zero-order chi connectivity index (χ0) is 12.8. The average Bonchev–Trinajstić information content (AvgIpc) is 2.81. The molecule has 0 bridgehead atoms. The molecule has 0 aliphatic heterocycles. The van der Waals surface area contributed by atoms with Crippen LogP contribution >= 0.6 is 11.3 Å². The fourth-order valence-corrected chi connectivity index (χ4v) is 2.37. The van der Waals surface area contributed by atoms with Crippen molar-refractivity contribution < 1.29 is 4.79 Å². The van der Waals surface area contributed by atoms with Crippen molar-refractivity contribution in [3.05, 3.63) is 63.9 Å². The fraction of sp³-hybridized carbons (Fsp3) is 0.133. The largest absolute Gasteiger partial charge is 0.348 e. The molecule has 0 saturated heterocycles. The third kappa shape index (κ3) is 3.57. The molecule has 0 aliphatic rings. The van der Waals surface area contributed by atoms with Gasteiger partial charge >= 0.3 is 0 Å². The standard InChI is InChI=1S/C15H15NOS/c1-12-9-10-18-14(12)7-8-15(17)16-11-13-5-3-2-4-6-13/h2-10H,11H2,1H3,(H,16,17)/b8-7+. The molecule has 2 aromatic rings. The Kier molecular flexibility index (Phi) is 4.31. The predicted octanol–water partition coefficient (Wildman–Crippen LogP) is 3.39. The Bertz CT molecular complexity index is 543. The van der Waals surface area contributed by atoms with E-state index in [1.165, 1.54) is 5.56 Å². The van der Waals surface area contributed by atoms with Crippen LogP contribution in [0.2, 0.25) is 0 Å². The molecule has 0 unspecified atom stereocenters. The second kappa shape index (κ2) is 6.17. The molecule has 0 atom stereocenters. The van der Waals surface area contributed by atoms with Crippen LogP contribution in [-0.2, 0) is 11.3 Å². The summed E-state index contributed by atoms with van der Waals surface area (Å²) in [4.78, 5) is 12.8. The summed E-state index contributed by atoms with van der Waals surface area (Å²) >= 11 is 1.64. The highest BCUT2D eigenvalue weighted by molar-refractivity contribution is 7.11. The zero-order valence-corrected chi connectivity index (χ0v) is 11.0. The van der Waals surface area contributed by atoms with Gasteiger partial charge in [-0.3, -0.25) is 4.79 Å². The van der Waals surface area contributed by atoms with Gasteiger partial charge in [0, 0.05) is 17.5 Å². The molecule has 2 nitrogen and oxygen atoms in total. The maximum atomic E-state index is 11.6. The average molecular weight is 257 g/mol. The first-order valence-corrected chi connectivity index (χ1v) is 6.67. The maximum Gasteiger partial charge on any atom is 0.244 e. The van der Waals surface area contributed by atoms with Gasteiger partial charge < -0.3 is 5.32 Å². The Balaban J connectivity index is 1.86. The number of hydrogen-bond donors (Lipinski definition) is 1. The SMILES string of the molecule is Cc1ccsc1/C=C/C(=O)NCc1ccccc1. The van der Waals surface area contributed by atoms with Gasteiger partial charge in [-0.25, -0.2) is 0 Å². The van der Waals surface area contributed by atoms with Crippen molar-refractivity contribution in [1.82, 2.24) is 5.32 Å². The van der Waals surface area contributed by atoms with Gasteiger partial charge in [-0.2, -0.15) is 0 Å². The topological polar surface area (TPSA) is 29.1 Å². The minimum absolute atomic E-state index is 0.0633. The predicted molar refractivity (Wildman–Crippen MR) is 76.4 cm³/mol. The molecule has 1 N–H and O–H groups in total. The molecule has 1 aromatic heterocycles. The Morgan fingerprint density at radius 2 is 2.06 bits per heavy atom. The van der Waals surface area contributed by atoms with E-state index in [1.54, 1.807) is 17.4 Å². The van der Waals surface area contributed by atoms with Crippen LogP contribution in [0.4, 0.5) is 0 Å². The summed E-state index contributed by atoms with van der Waals surface area (Å²) in [6.07, 6.45) is 3.45. The number of thiophene rings is 1. The molecule has 2 rings (SSSR count). The molecule has 1 heterocycles. The third-order valence-electron chi connectivity index (χ3n) is 2.60. The lowest BCUT2D eigenvalue weighted by molar-refractivity contribution is -0.116. The molecule has 3 heteroatoms. The molecule has 0 fully saturated rings. The van der Waals surface area contributed by atoms with E-state index in [0.29, 0.717) is 6.54 Å². The van der Waals surface area contributed by atoms with Crippen LogP contribution in [0.1, 0.15) is 16.0 Å². The van der Waals surface area contributed by atoms with Crippen molar-refractivity contribution in [1.29, 1.82) is 0 Å². The van der Waals surface area contributed by atoms with E-state index in [0.717, 1.165) is 10.4 Å². The van der Waals surface area contributed by atoms with Crippen LogP contribution in [0, 0.1) is 6.92 Å². The first-order valence-electron chi connectivity index (χ1n) is 5.79. The monoisotopic (exact) mass is 257 g/mol. The van der Waals surface area contributed by atoms with Gasteiger partial charge in [-0.1, -0.05) is 30.3 Å². The number of amides is 1. The van der Waals surface area contributed by atoms with Crippen molar-refractivity contribution >= 4 is 23.3 Å². The molecule has 0 radical (unpaired) electrons. The maximum absolute atomic E-state index is 11.6. The molecule has 1 amide bonds. The second-order valence-corrected chi connectivity index (χ2v) is 4.95. The van der Waals surface area contributed by atoms with Gasteiger partial charge in [0.25, 0.3) is 0 Å². The lowest BCUT2D eigenvalue weighted by Crippen LogP contribution is -2.20. The Morgan fingerprint density at radius 3 is 2.72 bits per heavy atom. The van der Waals surface area contributed by atoms with Crippen molar-refractivity contribution in [3.63, 3.8) is 0 Å². The molecule has 18 heavy (non-hydrogen) atoms. The van der Waals surface area contributed by atoms with E-state index in [-0.39, 0.29) is 5.91 Å². The minimum atomic E-state index is -0.0633. The number of hydrogen-bond acceptors (Lipinski definition) is 2. The fourth-order valence-electron chi connectivity index (χ4n) is 1.55. The number of benzene rings is 1. The molecule has 0 saturated carbocycles. The van der Waals surface area contributed by atoms with Crippen molar-refractivity contribution in [2.24, 2.45) is 0 Å². The number of carbonyl (C=O) groups is 1. The van der Waals surface area contributed by atoms with E-state index in [1.807, 2.05) is 54.8 Å². The van der Waals surface area contributed by atoms with Gasteiger partial charge in [0.2, 0.25) is 5.91 Å². The molecule has 0 aliphatic carbocycles. The van der Waals surface area contributed by atoms with Crippen LogP contribution in [0.5, 0.6) is 0 Å². The van der Waals surface area contributed by atoms with Crippen LogP contribution in [0.25, 0.3) is 6.08 Å². The highest BCUT2D eigenvalue weighted by Gasteiger charge is 1.98. The summed E-state index contributed by atoms with van der Waals surface area (Å²) < 4.78 is 0. The summed E-state index contributed by atoms with van der Waals surface area (Å²) in [5.41, 5.74) is 2.30. The van der Waals surface area contributed by atoms with E-state index in [2.05, 4.69) is 5.32 Å². The molecule has 1 aromatic carbocycles. The first kappa shape index (κ1) is 12.6. The van der Waals surface area contributed by atoms with Crippen molar-refractivity contribution in [2.75, 3.05) is 0 Å². The summed E-state index contributed by atoms with van der Waals surface area (Å²) in [5.74, 6) is -0.0633. The van der Waals surface area contributed by atoms with Crippen LogP contribution < -0.4 is 5.32 Å². The van der Waals surface area contributed by atoms with Crippen molar-refractivity contribution in [2.45, 2.75) is 13.5 Å². The van der Waals surface area contributed by atoms with Crippen molar-refractivity contribution in [3.8, 4) is 0 Å². The van der Waals surface area contributed by atoms with E-state index in [4.69, 9.17) is 0 Å². The zero-order valence-electron chi connectivity index (χ0n) is 10.2. The summed E-state index contributed by atoms with van der Waals surface area (Å²) in [6, 6.07) is 11.9. The Labute approximate surface area is 111 Å². The minimum Gasteiger partial charge on any atom is -0.348 e. The summed E-state index contributed by atoms with van der Waals surface area (Å²) in [7, 11) is 0. The highest BCUT2D eigenvalue weighted by Crippen LogP contribution is 2.16. The number of carbonyl (C=O) groups excluding carboxylic acids is 1. The van der Waals surface area contributed by atoms with E-state index >= 15 is 0 Å².